The maximum Gasteiger partial charge on any atom is 0.229 e. The van der Waals surface area contributed by atoms with Gasteiger partial charge in [0.25, 0.3) is 0 Å². The Labute approximate surface area is 208 Å². The maximum absolute atomic E-state index is 13.3. The van der Waals surface area contributed by atoms with E-state index in [1.807, 2.05) is 24.5 Å². The molecule has 10 heteroatoms. The average molecular weight is 526 g/mol. The molecule has 1 amide bonds. The lowest BCUT2D eigenvalue weighted by molar-refractivity contribution is -0.118. The molecule has 0 aliphatic heterocycles. The summed E-state index contributed by atoms with van der Waals surface area (Å²) in [5, 5.41) is 1.07. The Hall–Kier alpha value is -1.65. The number of benzene rings is 2. The quantitative estimate of drug-likeness (QED) is 0.320. The summed E-state index contributed by atoms with van der Waals surface area (Å²) in [4.78, 5) is 23.1. The van der Waals surface area contributed by atoms with Crippen molar-refractivity contribution in [2.75, 3.05) is 43.1 Å². The van der Waals surface area contributed by atoms with E-state index in [2.05, 4.69) is 18.7 Å². The van der Waals surface area contributed by atoms with Crippen molar-refractivity contribution >= 4 is 65.8 Å². The SMILES string of the molecule is CCN(CC)CCN(C(=O)CCS(=O)(=O)c1ccc(Cl)cc1)c1nc2c(SC)cccc2s1. The van der Waals surface area contributed by atoms with Gasteiger partial charge in [-0.15, -0.1) is 11.8 Å². The van der Waals surface area contributed by atoms with E-state index >= 15 is 0 Å². The molecule has 0 spiro atoms. The second kappa shape index (κ2) is 11.7. The number of carbonyl (C=O) groups is 1. The molecule has 0 radical (unpaired) electrons. The fourth-order valence-corrected chi connectivity index (χ4v) is 6.44. The van der Waals surface area contributed by atoms with Crippen molar-refractivity contribution in [2.45, 2.75) is 30.1 Å². The lowest BCUT2D eigenvalue weighted by atomic mass is 10.3. The van der Waals surface area contributed by atoms with Crippen molar-refractivity contribution in [1.29, 1.82) is 0 Å². The van der Waals surface area contributed by atoms with E-state index in [-0.39, 0.29) is 23.0 Å². The lowest BCUT2D eigenvalue weighted by Gasteiger charge is -2.24. The number of thiazole rings is 1. The number of anilines is 1. The van der Waals surface area contributed by atoms with Crippen LogP contribution in [0.5, 0.6) is 0 Å². The van der Waals surface area contributed by atoms with Gasteiger partial charge < -0.3 is 4.90 Å². The summed E-state index contributed by atoms with van der Waals surface area (Å²) in [5.74, 6) is -0.514. The van der Waals surface area contributed by atoms with Crippen molar-refractivity contribution < 1.29 is 13.2 Å². The highest BCUT2D eigenvalue weighted by Gasteiger charge is 2.24. The van der Waals surface area contributed by atoms with Gasteiger partial charge in [-0.3, -0.25) is 9.69 Å². The van der Waals surface area contributed by atoms with Gasteiger partial charge in [0, 0.05) is 29.4 Å². The number of thioether (sulfide) groups is 1. The highest BCUT2D eigenvalue weighted by molar-refractivity contribution is 7.98. The number of amides is 1. The maximum atomic E-state index is 13.3. The van der Waals surface area contributed by atoms with Gasteiger partial charge in [0.2, 0.25) is 5.91 Å². The van der Waals surface area contributed by atoms with Gasteiger partial charge in [0.15, 0.2) is 15.0 Å². The predicted octanol–water partition coefficient (Wildman–Crippen LogP) is 5.21. The van der Waals surface area contributed by atoms with Crippen LogP contribution >= 0.6 is 34.7 Å². The minimum absolute atomic E-state index is 0.117. The Kier molecular flexibility index (Phi) is 9.17. The zero-order chi connectivity index (χ0) is 24.0. The van der Waals surface area contributed by atoms with Gasteiger partial charge in [-0.2, -0.15) is 0 Å². The highest BCUT2D eigenvalue weighted by Crippen LogP contribution is 2.34. The molecule has 1 aromatic heterocycles. The fourth-order valence-electron chi connectivity index (χ4n) is 3.42. The Morgan fingerprint density at radius 1 is 1.09 bits per heavy atom. The molecular formula is C23H28ClN3O3S3. The first-order valence-electron chi connectivity index (χ1n) is 10.7. The minimum atomic E-state index is -3.60. The first-order chi connectivity index (χ1) is 15.8. The molecule has 0 saturated heterocycles. The van der Waals surface area contributed by atoms with Gasteiger partial charge in [-0.25, -0.2) is 13.4 Å². The van der Waals surface area contributed by atoms with Gasteiger partial charge in [-0.1, -0.05) is 42.9 Å². The molecule has 6 nitrogen and oxygen atoms in total. The average Bonchev–Trinajstić information content (AvgIpc) is 3.24. The number of carbonyl (C=O) groups excluding carboxylic acids is 1. The Bertz CT molecular complexity index is 1190. The van der Waals surface area contributed by atoms with Crippen LogP contribution in [0.2, 0.25) is 5.02 Å². The van der Waals surface area contributed by atoms with Crippen LogP contribution in [0.15, 0.2) is 52.3 Å². The first kappa shape index (κ1) is 26.0. The number of fused-ring (bicyclic) bond motifs is 1. The second-order valence-electron chi connectivity index (χ2n) is 7.40. The number of hydrogen-bond acceptors (Lipinski definition) is 7. The number of hydrogen-bond donors (Lipinski definition) is 0. The second-order valence-corrected chi connectivity index (χ2v) is 11.8. The van der Waals surface area contributed by atoms with E-state index in [1.54, 1.807) is 16.7 Å². The Morgan fingerprint density at radius 3 is 2.42 bits per heavy atom. The van der Waals surface area contributed by atoms with Crippen molar-refractivity contribution in [3.63, 3.8) is 0 Å². The van der Waals surface area contributed by atoms with Crippen molar-refractivity contribution in [2.24, 2.45) is 0 Å². The number of likely N-dealkylation sites (N-methyl/N-ethyl adjacent to an activating group) is 1. The zero-order valence-electron chi connectivity index (χ0n) is 19.0. The molecule has 0 aliphatic carbocycles. The molecule has 0 unspecified atom stereocenters. The molecule has 33 heavy (non-hydrogen) atoms. The van der Waals surface area contributed by atoms with Gasteiger partial charge in [-0.05, 0) is 55.7 Å². The standard InChI is InChI=1S/C23H28ClN3O3S3/c1-4-26(5-2)14-15-27(23-25-22-19(31-3)7-6-8-20(22)32-23)21(28)13-16-33(29,30)18-11-9-17(24)10-12-18/h6-12H,4-5,13-16H2,1-3H3. The molecule has 0 fully saturated rings. The molecule has 0 bridgehead atoms. The van der Waals surface area contributed by atoms with Crippen LogP contribution in [0.3, 0.4) is 0 Å². The monoisotopic (exact) mass is 525 g/mol. The lowest BCUT2D eigenvalue weighted by Crippen LogP contribution is -2.39. The number of rotatable bonds is 11. The smallest absolute Gasteiger partial charge is 0.229 e. The summed E-state index contributed by atoms with van der Waals surface area (Å²) < 4.78 is 26.5. The van der Waals surface area contributed by atoms with Crippen molar-refractivity contribution in [3.8, 4) is 0 Å². The van der Waals surface area contributed by atoms with E-state index in [0.717, 1.165) is 28.2 Å². The van der Waals surface area contributed by atoms with Crippen LogP contribution in [-0.4, -0.2) is 62.4 Å². The summed E-state index contributed by atoms with van der Waals surface area (Å²) in [6.07, 6.45) is 1.88. The topological polar surface area (TPSA) is 70.6 Å². The van der Waals surface area contributed by atoms with E-state index in [0.29, 0.717) is 23.2 Å². The van der Waals surface area contributed by atoms with Gasteiger partial charge in [0.1, 0.15) is 0 Å². The summed E-state index contributed by atoms with van der Waals surface area (Å²) in [5.41, 5.74) is 0.874. The van der Waals surface area contributed by atoms with Gasteiger partial charge >= 0.3 is 0 Å². The highest BCUT2D eigenvalue weighted by atomic mass is 35.5. The third-order valence-corrected chi connectivity index (χ3v) is 9.21. The van der Waals surface area contributed by atoms with E-state index in [9.17, 15) is 13.2 Å². The number of nitrogens with zero attached hydrogens (tertiary/aromatic N) is 3. The Balaban J connectivity index is 1.84. The van der Waals surface area contributed by atoms with Gasteiger partial charge in [0.05, 0.1) is 20.9 Å². The van der Waals surface area contributed by atoms with Crippen LogP contribution < -0.4 is 4.90 Å². The molecule has 0 N–H and O–H groups in total. The molecule has 0 atom stereocenters. The number of para-hydroxylation sites is 1. The van der Waals surface area contributed by atoms with Crippen LogP contribution in [0.4, 0.5) is 5.13 Å². The summed E-state index contributed by atoms with van der Waals surface area (Å²) in [6, 6.07) is 12.0. The van der Waals surface area contributed by atoms with Crippen LogP contribution in [0.1, 0.15) is 20.3 Å². The number of aromatic nitrogens is 1. The fraction of sp³-hybridized carbons (Fsp3) is 0.391. The summed E-state index contributed by atoms with van der Waals surface area (Å²) in [6.45, 7) is 7.05. The molecule has 178 valence electrons. The zero-order valence-corrected chi connectivity index (χ0v) is 22.2. The normalized spacial score (nSPS) is 11.9. The molecule has 0 aliphatic rings. The molecule has 1 heterocycles. The molecular weight excluding hydrogens is 498 g/mol. The van der Waals surface area contributed by atoms with Crippen LogP contribution in [0, 0.1) is 0 Å². The molecule has 2 aromatic carbocycles. The van der Waals surface area contributed by atoms with Crippen molar-refractivity contribution in [1.82, 2.24) is 9.88 Å². The Morgan fingerprint density at radius 2 is 1.79 bits per heavy atom. The third-order valence-electron chi connectivity index (χ3n) is 5.41. The first-order valence-corrected chi connectivity index (χ1v) is 14.8. The summed E-state index contributed by atoms with van der Waals surface area (Å²) >= 11 is 8.94. The largest absolute Gasteiger partial charge is 0.302 e. The molecule has 3 rings (SSSR count). The molecule has 3 aromatic rings. The third kappa shape index (κ3) is 6.48. The van der Waals surface area contributed by atoms with Crippen LogP contribution in [0.25, 0.3) is 10.2 Å². The van der Waals surface area contributed by atoms with E-state index in [4.69, 9.17) is 16.6 Å². The van der Waals surface area contributed by atoms with Crippen LogP contribution in [-0.2, 0) is 14.6 Å². The number of sulfone groups is 1. The van der Waals surface area contributed by atoms with Crippen molar-refractivity contribution in [3.05, 3.63) is 47.5 Å². The predicted molar refractivity (Wildman–Crippen MR) is 140 cm³/mol. The number of halogens is 1. The van der Waals surface area contributed by atoms with E-state index in [1.165, 1.54) is 35.6 Å². The summed E-state index contributed by atoms with van der Waals surface area (Å²) in [7, 11) is -3.60. The molecule has 0 saturated carbocycles. The van der Waals surface area contributed by atoms with E-state index < -0.39 is 9.84 Å². The minimum Gasteiger partial charge on any atom is -0.302 e.